The van der Waals surface area contributed by atoms with Crippen molar-refractivity contribution in [3.8, 4) is 0 Å². The normalized spacial score (nSPS) is 12.1. The van der Waals surface area contributed by atoms with Crippen molar-refractivity contribution in [2.75, 3.05) is 13.6 Å². The highest BCUT2D eigenvalue weighted by Gasteiger charge is 2.01. The van der Waals surface area contributed by atoms with Gasteiger partial charge in [-0.2, -0.15) is 0 Å². The Morgan fingerprint density at radius 1 is 1.67 bits per heavy atom. The number of carbonyl (C=O) groups is 1. The van der Waals surface area contributed by atoms with Crippen LogP contribution in [0.3, 0.4) is 0 Å². The Hall–Kier alpha value is -1.10. The fourth-order valence-electron chi connectivity index (χ4n) is 0.800. The summed E-state index contributed by atoms with van der Waals surface area (Å²) in [6.07, 6.45) is 2.45. The second kappa shape index (κ2) is 6.60. The molecule has 0 spiro atoms. The average Bonchev–Trinajstić information content (AvgIpc) is 2.04. The van der Waals surface area contributed by atoms with E-state index in [0.29, 0.717) is 6.54 Å². The Kier molecular flexibility index (Phi) is 6.00. The Bertz CT molecular complexity index is 153. The van der Waals surface area contributed by atoms with E-state index < -0.39 is 0 Å². The Balaban J connectivity index is 3.41. The van der Waals surface area contributed by atoms with Crippen LogP contribution in [0.15, 0.2) is 4.99 Å². The van der Waals surface area contributed by atoms with E-state index in [2.05, 4.69) is 10.3 Å². The molecule has 0 aromatic carbocycles. The van der Waals surface area contributed by atoms with E-state index in [1.165, 1.54) is 0 Å². The predicted octanol–water partition coefficient (Wildman–Crippen LogP) is -1.17. The molecule has 0 radical (unpaired) electrons. The summed E-state index contributed by atoms with van der Waals surface area (Å²) in [4.78, 5) is 14.1. The number of hydrogen-bond acceptors (Lipinski definition) is 3. The topological polar surface area (TPSA) is 93.5 Å². The van der Waals surface area contributed by atoms with E-state index in [-0.39, 0.29) is 12.0 Å². The first-order chi connectivity index (χ1) is 5.70. The number of nitrogens with zero attached hydrogens (tertiary/aromatic N) is 1. The van der Waals surface area contributed by atoms with Crippen LogP contribution in [0.5, 0.6) is 0 Å². The minimum atomic E-state index is -0.0841. The number of nitrogens with two attached hydrogens (primary N) is 2. The molecule has 0 saturated carbocycles. The van der Waals surface area contributed by atoms with E-state index >= 15 is 0 Å². The zero-order valence-electron chi connectivity index (χ0n) is 7.29. The molecule has 5 nitrogen and oxygen atoms in total. The van der Waals surface area contributed by atoms with Gasteiger partial charge in [-0.1, -0.05) is 0 Å². The van der Waals surface area contributed by atoms with Crippen LogP contribution in [0.1, 0.15) is 12.8 Å². The van der Waals surface area contributed by atoms with Gasteiger partial charge in [-0.05, 0) is 19.9 Å². The quantitative estimate of drug-likeness (QED) is 0.203. The van der Waals surface area contributed by atoms with Crippen LogP contribution >= 0.6 is 0 Å². The maximum Gasteiger partial charge on any atom is 0.185 e. The second-order valence-corrected chi connectivity index (χ2v) is 2.48. The smallest absolute Gasteiger partial charge is 0.185 e. The summed E-state index contributed by atoms with van der Waals surface area (Å²) in [5.41, 5.74) is 10.2. The van der Waals surface area contributed by atoms with Crippen molar-refractivity contribution in [3.63, 3.8) is 0 Å². The van der Waals surface area contributed by atoms with Crippen LogP contribution < -0.4 is 16.8 Å². The molecule has 0 aromatic rings. The molecule has 0 bridgehead atoms. The molecule has 0 saturated heterocycles. The lowest BCUT2D eigenvalue weighted by Crippen LogP contribution is -2.27. The standard InChI is InChI=1S/C7H16N4O/c1-10-6(5-12)3-2-4-11-7(8)9/h5-6,10H,2-4H2,1H3,(H4,8,9,11). The average molecular weight is 172 g/mol. The number of carbonyl (C=O) groups excluding carboxylic acids is 1. The predicted molar refractivity (Wildman–Crippen MR) is 48.8 cm³/mol. The third-order valence-electron chi connectivity index (χ3n) is 1.50. The monoisotopic (exact) mass is 172 g/mol. The van der Waals surface area contributed by atoms with Gasteiger partial charge in [-0.3, -0.25) is 4.99 Å². The minimum absolute atomic E-state index is 0.0841. The highest BCUT2D eigenvalue weighted by molar-refractivity contribution is 5.75. The van der Waals surface area contributed by atoms with E-state index in [1.54, 1.807) is 7.05 Å². The first-order valence-corrected chi connectivity index (χ1v) is 3.88. The van der Waals surface area contributed by atoms with Gasteiger partial charge in [0.1, 0.15) is 6.29 Å². The van der Waals surface area contributed by atoms with Gasteiger partial charge in [-0.25, -0.2) is 0 Å². The molecule has 70 valence electrons. The molecule has 0 aromatic heterocycles. The third-order valence-corrected chi connectivity index (χ3v) is 1.50. The number of hydrogen-bond donors (Lipinski definition) is 3. The molecule has 0 aliphatic carbocycles. The van der Waals surface area contributed by atoms with E-state index in [9.17, 15) is 4.79 Å². The molecule has 0 rings (SSSR count). The van der Waals surface area contributed by atoms with E-state index in [0.717, 1.165) is 19.1 Å². The largest absolute Gasteiger partial charge is 0.370 e. The number of likely N-dealkylation sites (N-methyl/N-ethyl adjacent to an activating group) is 1. The first kappa shape index (κ1) is 10.9. The lowest BCUT2D eigenvalue weighted by Gasteiger charge is -2.06. The molecule has 0 amide bonds. The van der Waals surface area contributed by atoms with Crippen LogP contribution in [0.2, 0.25) is 0 Å². The van der Waals surface area contributed by atoms with Gasteiger partial charge >= 0.3 is 0 Å². The van der Waals surface area contributed by atoms with E-state index in [4.69, 9.17) is 11.5 Å². The Morgan fingerprint density at radius 3 is 2.75 bits per heavy atom. The first-order valence-electron chi connectivity index (χ1n) is 3.88. The molecule has 0 heterocycles. The fourth-order valence-corrected chi connectivity index (χ4v) is 0.800. The van der Waals surface area contributed by atoms with Crippen LogP contribution in [0.4, 0.5) is 0 Å². The summed E-state index contributed by atoms with van der Waals surface area (Å²) in [7, 11) is 1.75. The number of rotatable bonds is 6. The minimum Gasteiger partial charge on any atom is -0.370 e. The van der Waals surface area contributed by atoms with Crippen molar-refractivity contribution in [2.45, 2.75) is 18.9 Å². The zero-order valence-corrected chi connectivity index (χ0v) is 7.29. The summed E-state index contributed by atoms with van der Waals surface area (Å²) in [5, 5.41) is 2.86. The lowest BCUT2D eigenvalue weighted by atomic mass is 10.2. The summed E-state index contributed by atoms with van der Waals surface area (Å²) in [6, 6.07) is -0.0841. The lowest BCUT2D eigenvalue weighted by molar-refractivity contribution is -0.109. The molecule has 0 fully saturated rings. The van der Waals surface area contributed by atoms with Gasteiger partial charge < -0.3 is 21.6 Å². The van der Waals surface area contributed by atoms with Gasteiger partial charge in [0, 0.05) is 6.54 Å². The van der Waals surface area contributed by atoms with Gasteiger partial charge in [-0.15, -0.1) is 0 Å². The Morgan fingerprint density at radius 2 is 2.33 bits per heavy atom. The van der Waals surface area contributed by atoms with Crippen molar-refractivity contribution in [1.82, 2.24) is 5.32 Å². The zero-order chi connectivity index (χ0) is 9.40. The molecule has 5 N–H and O–H groups in total. The van der Waals surface area contributed by atoms with Crippen LogP contribution in [-0.2, 0) is 4.79 Å². The Labute approximate surface area is 72.2 Å². The van der Waals surface area contributed by atoms with Crippen molar-refractivity contribution in [2.24, 2.45) is 16.5 Å². The fraction of sp³-hybridized carbons (Fsp3) is 0.714. The second-order valence-electron chi connectivity index (χ2n) is 2.48. The van der Waals surface area contributed by atoms with Crippen LogP contribution in [0.25, 0.3) is 0 Å². The molecular weight excluding hydrogens is 156 g/mol. The maximum atomic E-state index is 10.3. The van der Waals surface area contributed by atoms with E-state index in [1.807, 2.05) is 0 Å². The van der Waals surface area contributed by atoms with Crippen molar-refractivity contribution < 1.29 is 4.79 Å². The van der Waals surface area contributed by atoms with Crippen LogP contribution in [0, 0.1) is 0 Å². The van der Waals surface area contributed by atoms with Crippen molar-refractivity contribution in [1.29, 1.82) is 0 Å². The molecule has 1 atom stereocenters. The van der Waals surface area contributed by atoms with Gasteiger partial charge in [0.2, 0.25) is 0 Å². The molecule has 0 aliphatic heterocycles. The summed E-state index contributed by atoms with van der Waals surface area (Å²) in [6.45, 7) is 0.578. The summed E-state index contributed by atoms with van der Waals surface area (Å²) >= 11 is 0. The molecule has 0 aliphatic rings. The third kappa shape index (κ3) is 5.67. The molecule has 5 heteroatoms. The SMILES string of the molecule is CNC(C=O)CCCN=C(N)N. The number of guanidine groups is 1. The van der Waals surface area contributed by atoms with Crippen molar-refractivity contribution in [3.05, 3.63) is 0 Å². The van der Waals surface area contributed by atoms with Gasteiger partial charge in [0.25, 0.3) is 0 Å². The van der Waals surface area contributed by atoms with Crippen molar-refractivity contribution >= 4 is 12.2 Å². The van der Waals surface area contributed by atoms with Gasteiger partial charge in [0.15, 0.2) is 5.96 Å². The number of aldehydes is 1. The summed E-state index contributed by atoms with van der Waals surface area (Å²) in [5.74, 6) is 0.0992. The molecule has 1 unspecified atom stereocenters. The summed E-state index contributed by atoms with van der Waals surface area (Å²) < 4.78 is 0. The maximum absolute atomic E-state index is 10.3. The highest BCUT2D eigenvalue weighted by Crippen LogP contribution is 1.93. The van der Waals surface area contributed by atoms with Gasteiger partial charge in [0.05, 0.1) is 6.04 Å². The number of aliphatic imine (C=N–C) groups is 1. The van der Waals surface area contributed by atoms with Crippen LogP contribution in [-0.4, -0.2) is 31.9 Å². The number of nitrogens with one attached hydrogen (secondary N) is 1. The molecule has 12 heavy (non-hydrogen) atoms. The molecular formula is C7H16N4O. The highest BCUT2D eigenvalue weighted by atomic mass is 16.1.